The van der Waals surface area contributed by atoms with Gasteiger partial charge in [0, 0.05) is 18.0 Å². The van der Waals surface area contributed by atoms with E-state index in [4.69, 9.17) is 5.11 Å². The summed E-state index contributed by atoms with van der Waals surface area (Å²) in [6.45, 7) is 5.44. The Kier molecular flexibility index (Phi) is 6.51. The van der Waals surface area contributed by atoms with Crippen molar-refractivity contribution >= 4 is 23.6 Å². The fourth-order valence-corrected chi connectivity index (χ4v) is 3.97. The van der Waals surface area contributed by atoms with Gasteiger partial charge in [-0.25, -0.2) is 0 Å². The van der Waals surface area contributed by atoms with Crippen molar-refractivity contribution in [3.05, 3.63) is 29.8 Å². The lowest BCUT2D eigenvalue weighted by Gasteiger charge is -2.33. The molecule has 0 radical (unpaired) electrons. The standard InChI is InChI=1S/C18H25NO3S/c1-3-7-14-8-6-11-19(12-14)17(20)15-9-4-5-10-16(15)23-13(2)18(21)22/h4-5,9-10,13-14H,3,6-8,11-12H2,1-2H3,(H,21,22). The van der Waals surface area contributed by atoms with Crippen LogP contribution in [0.4, 0.5) is 0 Å². The zero-order valence-electron chi connectivity index (χ0n) is 13.8. The number of piperidine rings is 1. The second kappa shape index (κ2) is 8.39. The molecule has 1 fully saturated rings. The maximum Gasteiger partial charge on any atom is 0.316 e. The van der Waals surface area contributed by atoms with Gasteiger partial charge in [0.15, 0.2) is 0 Å². The average molecular weight is 335 g/mol. The number of hydrogen-bond donors (Lipinski definition) is 1. The van der Waals surface area contributed by atoms with E-state index in [1.807, 2.05) is 29.2 Å². The molecule has 0 aliphatic carbocycles. The van der Waals surface area contributed by atoms with E-state index in [1.54, 1.807) is 6.92 Å². The number of carboxylic acid groups (broad SMARTS) is 1. The predicted molar refractivity (Wildman–Crippen MR) is 92.9 cm³/mol. The molecule has 1 aromatic rings. The third-order valence-corrected chi connectivity index (χ3v) is 5.44. The Bertz CT molecular complexity index is 559. The number of likely N-dealkylation sites (tertiary alicyclic amines) is 1. The van der Waals surface area contributed by atoms with E-state index >= 15 is 0 Å². The zero-order valence-corrected chi connectivity index (χ0v) is 14.6. The molecule has 2 unspecified atom stereocenters. The number of aliphatic carboxylic acids is 1. The van der Waals surface area contributed by atoms with Crippen molar-refractivity contribution in [3.8, 4) is 0 Å². The second-order valence-corrected chi connectivity index (χ2v) is 7.53. The lowest BCUT2D eigenvalue weighted by Crippen LogP contribution is -2.40. The van der Waals surface area contributed by atoms with E-state index in [0.717, 1.165) is 37.2 Å². The Hall–Kier alpha value is -1.49. The molecule has 0 bridgehead atoms. The van der Waals surface area contributed by atoms with Gasteiger partial charge < -0.3 is 10.0 Å². The second-order valence-electron chi connectivity index (χ2n) is 6.14. The van der Waals surface area contributed by atoms with Crippen molar-refractivity contribution < 1.29 is 14.7 Å². The van der Waals surface area contributed by atoms with Crippen molar-refractivity contribution in [2.24, 2.45) is 5.92 Å². The first-order valence-electron chi connectivity index (χ1n) is 8.30. The van der Waals surface area contributed by atoms with Crippen LogP contribution in [0.3, 0.4) is 0 Å². The summed E-state index contributed by atoms with van der Waals surface area (Å²) in [4.78, 5) is 26.7. The quantitative estimate of drug-likeness (QED) is 0.801. The van der Waals surface area contributed by atoms with E-state index in [0.29, 0.717) is 11.5 Å². The zero-order chi connectivity index (χ0) is 16.8. The maximum atomic E-state index is 12.9. The molecule has 0 saturated carbocycles. The van der Waals surface area contributed by atoms with Crippen molar-refractivity contribution in [1.29, 1.82) is 0 Å². The number of carbonyl (C=O) groups excluding carboxylic acids is 1. The highest BCUT2D eigenvalue weighted by molar-refractivity contribution is 8.00. The van der Waals surface area contributed by atoms with Gasteiger partial charge >= 0.3 is 5.97 Å². The molecule has 2 atom stereocenters. The Labute approximate surface area is 142 Å². The third kappa shape index (κ3) is 4.74. The van der Waals surface area contributed by atoms with Crippen LogP contribution in [0.1, 0.15) is 49.9 Å². The molecule has 1 aliphatic heterocycles. The summed E-state index contributed by atoms with van der Waals surface area (Å²) in [5, 5.41) is 8.53. The summed E-state index contributed by atoms with van der Waals surface area (Å²) >= 11 is 1.23. The van der Waals surface area contributed by atoms with Gasteiger partial charge in [-0.1, -0.05) is 25.5 Å². The highest BCUT2D eigenvalue weighted by Gasteiger charge is 2.26. The molecule has 1 saturated heterocycles. The van der Waals surface area contributed by atoms with E-state index in [9.17, 15) is 9.59 Å². The number of carboxylic acids is 1. The minimum atomic E-state index is -0.863. The predicted octanol–water partition coefficient (Wildman–Crippen LogP) is 3.90. The molecular formula is C18H25NO3S. The van der Waals surface area contributed by atoms with Crippen molar-refractivity contribution in [3.63, 3.8) is 0 Å². The molecule has 0 aromatic heterocycles. The van der Waals surface area contributed by atoms with E-state index in [1.165, 1.54) is 18.2 Å². The van der Waals surface area contributed by atoms with Crippen LogP contribution in [0.15, 0.2) is 29.2 Å². The summed E-state index contributed by atoms with van der Waals surface area (Å²) in [5.74, 6) is -0.236. The highest BCUT2D eigenvalue weighted by Crippen LogP contribution is 2.29. The summed E-state index contributed by atoms with van der Waals surface area (Å²) in [5.41, 5.74) is 0.628. The van der Waals surface area contributed by atoms with Crippen LogP contribution in [-0.2, 0) is 4.79 Å². The minimum absolute atomic E-state index is 0.0338. The molecule has 1 aromatic carbocycles. The number of amides is 1. The third-order valence-electron chi connectivity index (χ3n) is 4.27. The fraction of sp³-hybridized carbons (Fsp3) is 0.556. The Balaban J connectivity index is 2.14. The van der Waals surface area contributed by atoms with Gasteiger partial charge in [0.05, 0.1) is 5.56 Å². The van der Waals surface area contributed by atoms with Crippen LogP contribution in [0.2, 0.25) is 0 Å². The number of nitrogens with zero attached hydrogens (tertiary/aromatic N) is 1. The lowest BCUT2D eigenvalue weighted by atomic mass is 9.93. The van der Waals surface area contributed by atoms with E-state index in [2.05, 4.69) is 6.92 Å². The van der Waals surface area contributed by atoms with E-state index < -0.39 is 11.2 Å². The van der Waals surface area contributed by atoms with E-state index in [-0.39, 0.29) is 5.91 Å². The van der Waals surface area contributed by atoms with Gasteiger partial charge in [-0.3, -0.25) is 9.59 Å². The number of thioether (sulfide) groups is 1. The molecule has 1 amide bonds. The highest BCUT2D eigenvalue weighted by atomic mass is 32.2. The Morgan fingerprint density at radius 3 is 2.83 bits per heavy atom. The summed E-state index contributed by atoms with van der Waals surface area (Å²) in [6, 6.07) is 7.34. The largest absolute Gasteiger partial charge is 0.480 e. The Morgan fingerprint density at radius 1 is 1.39 bits per heavy atom. The first kappa shape index (κ1) is 17.9. The molecule has 1 N–H and O–H groups in total. The molecule has 126 valence electrons. The molecule has 4 nitrogen and oxygen atoms in total. The monoisotopic (exact) mass is 335 g/mol. The van der Waals surface area contributed by atoms with Crippen LogP contribution >= 0.6 is 11.8 Å². The fourth-order valence-electron chi connectivity index (χ4n) is 3.05. The number of hydrogen-bond acceptors (Lipinski definition) is 3. The van der Waals surface area contributed by atoms with Crippen molar-refractivity contribution in [2.45, 2.75) is 49.7 Å². The van der Waals surface area contributed by atoms with Gasteiger partial charge in [0.25, 0.3) is 5.91 Å². The van der Waals surface area contributed by atoms with Gasteiger partial charge in [-0.05, 0) is 44.2 Å². The minimum Gasteiger partial charge on any atom is -0.480 e. The first-order chi connectivity index (χ1) is 11.0. The molecule has 0 spiro atoms. The summed E-state index contributed by atoms with van der Waals surface area (Å²) < 4.78 is 0. The normalized spacial score (nSPS) is 19.4. The lowest BCUT2D eigenvalue weighted by molar-refractivity contribution is -0.136. The summed E-state index contributed by atoms with van der Waals surface area (Å²) in [7, 11) is 0. The maximum absolute atomic E-state index is 12.9. The van der Waals surface area contributed by atoms with Crippen molar-refractivity contribution in [2.75, 3.05) is 13.1 Å². The SMILES string of the molecule is CCCC1CCCN(C(=O)c2ccccc2SC(C)C(=O)O)C1. The van der Waals surface area contributed by atoms with Crippen LogP contribution in [0.25, 0.3) is 0 Å². The average Bonchev–Trinajstić information content (AvgIpc) is 2.55. The van der Waals surface area contributed by atoms with Crippen LogP contribution in [0.5, 0.6) is 0 Å². The van der Waals surface area contributed by atoms with Gasteiger partial charge in [0.2, 0.25) is 0 Å². The summed E-state index contributed by atoms with van der Waals surface area (Å²) in [6.07, 6.45) is 4.56. The molecule has 1 heterocycles. The van der Waals surface area contributed by atoms with Crippen LogP contribution < -0.4 is 0 Å². The molecule has 1 aliphatic rings. The number of carbonyl (C=O) groups is 2. The van der Waals surface area contributed by atoms with Gasteiger partial charge in [0.1, 0.15) is 5.25 Å². The molecule has 5 heteroatoms. The Morgan fingerprint density at radius 2 is 2.13 bits per heavy atom. The molecular weight excluding hydrogens is 310 g/mol. The molecule has 2 rings (SSSR count). The number of benzene rings is 1. The number of rotatable bonds is 6. The van der Waals surface area contributed by atoms with Crippen LogP contribution in [-0.4, -0.2) is 40.2 Å². The molecule has 23 heavy (non-hydrogen) atoms. The van der Waals surface area contributed by atoms with Gasteiger partial charge in [-0.15, -0.1) is 11.8 Å². The smallest absolute Gasteiger partial charge is 0.316 e. The van der Waals surface area contributed by atoms with Crippen LogP contribution in [0, 0.1) is 5.92 Å². The van der Waals surface area contributed by atoms with Crippen molar-refractivity contribution in [1.82, 2.24) is 4.90 Å². The topological polar surface area (TPSA) is 57.6 Å². The van der Waals surface area contributed by atoms with Gasteiger partial charge in [-0.2, -0.15) is 0 Å². The first-order valence-corrected chi connectivity index (χ1v) is 9.18.